The van der Waals surface area contributed by atoms with Crippen LogP contribution < -0.4 is 11.3 Å². The summed E-state index contributed by atoms with van der Waals surface area (Å²) >= 11 is 1.53. The van der Waals surface area contributed by atoms with E-state index in [0.29, 0.717) is 4.96 Å². The van der Waals surface area contributed by atoms with Crippen LogP contribution >= 0.6 is 11.3 Å². The lowest BCUT2D eigenvalue weighted by molar-refractivity contribution is 0.0998. The summed E-state index contributed by atoms with van der Waals surface area (Å²) in [6.45, 7) is 0. The monoisotopic (exact) mass is 249 g/mol. The molecule has 0 bridgehead atoms. The molecule has 2 heterocycles. The lowest BCUT2D eigenvalue weighted by atomic mass is 10.0. The minimum absolute atomic E-state index is 0.0336. The number of rotatable bonds is 1. The number of thiazole rings is 1. The fourth-order valence-corrected chi connectivity index (χ4v) is 3.41. The summed E-state index contributed by atoms with van der Waals surface area (Å²) in [5, 5.41) is 0. The topological polar surface area (TPSA) is 77.5 Å². The Bertz CT molecular complexity index is 671. The van der Waals surface area contributed by atoms with E-state index in [1.54, 1.807) is 4.40 Å². The van der Waals surface area contributed by atoms with Gasteiger partial charge in [0.05, 0.1) is 0 Å². The van der Waals surface area contributed by atoms with Crippen LogP contribution in [0, 0.1) is 0 Å². The summed E-state index contributed by atoms with van der Waals surface area (Å²) in [7, 11) is 0. The van der Waals surface area contributed by atoms with E-state index in [2.05, 4.69) is 4.98 Å². The van der Waals surface area contributed by atoms with Crippen LogP contribution in [0.3, 0.4) is 0 Å². The zero-order chi connectivity index (χ0) is 12.0. The molecule has 1 amide bonds. The zero-order valence-corrected chi connectivity index (χ0v) is 9.92. The number of aromatic nitrogens is 2. The maximum atomic E-state index is 12.1. The van der Waals surface area contributed by atoms with Crippen molar-refractivity contribution in [3.63, 3.8) is 0 Å². The van der Waals surface area contributed by atoms with Crippen molar-refractivity contribution >= 4 is 22.2 Å². The largest absolute Gasteiger partial charge is 0.365 e. The molecule has 5 nitrogen and oxygen atoms in total. The van der Waals surface area contributed by atoms with Crippen LogP contribution in [0.2, 0.25) is 0 Å². The molecular formula is C11H11N3O2S. The molecule has 17 heavy (non-hydrogen) atoms. The number of aryl methyl sites for hydroxylation is 2. The Morgan fingerprint density at radius 2 is 2.18 bits per heavy atom. The molecule has 0 spiro atoms. The van der Waals surface area contributed by atoms with Crippen LogP contribution in [0.1, 0.15) is 33.8 Å². The number of fused-ring (bicyclic) bond motifs is 3. The first-order valence-corrected chi connectivity index (χ1v) is 6.32. The third-order valence-corrected chi connectivity index (χ3v) is 4.22. The van der Waals surface area contributed by atoms with E-state index in [1.807, 2.05) is 0 Å². The smallest absolute Gasteiger partial charge is 0.271 e. The van der Waals surface area contributed by atoms with Crippen molar-refractivity contribution in [1.29, 1.82) is 0 Å². The molecule has 0 atom stereocenters. The van der Waals surface area contributed by atoms with Crippen molar-refractivity contribution in [3.8, 4) is 0 Å². The van der Waals surface area contributed by atoms with Crippen molar-refractivity contribution in [2.24, 2.45) is 5.73 Å². The Morgan fingerprint density at radius 3 is 2.94 bits per heavy atom. The molecule has 0 aromatic carbocycles. The van der Waals surface area contributed by atoms with Gasteiger partial charge >= 0.3 is 0 Å². The minimum Gasteiger partial charge on any atom is -0.365 e. The zero-order valence-electron chi connectivity index (χ0n) is 9.10. The van der Waals surface area contributed by atoms with E-state index >= 15 is 0 Å². The molecule has 2 aromatic rings. The molecule has 2 N–H and O–H groups in total. The highest BCUT2D eigenvalue weighted by Gasteiger charge is 2.20. The first kappa shape index (κ1) is 10.5. The average Bonchev–Trinajstić information content (AvgIpc) is 2.67. The second-order valence-corrected chi connectivity index (χ2v) is 5.20. The summed E-state index contributed by atoms with van der Waals surface area (Å²) < 4.78 is 1.55. The van der Waals surface area contributed by atoms with E-state index in [9.17, 15) is 9.59 Å². The Morgan fingerprint density at radius 1 is 1.41 bits per heavy atom. The van der Waals surface area contributed by atoms with Gasteiger partial charge in [-0.3, -0.25) is 14.0 Å². The van der Waals surface area contributed by atoms with Crippen molar-refractivity contribution in [2.45, 2.75) is 25.7 Å². The second-order valence-electron chi connectivity index (χ2n) is 4.14. The maximum Gasteiger partial charge on any atom is 0.271 e. The predicted octanol–water partition coefficient (Wildman–Crippen LogP) is 0.734. The van der Waals surface area contributed by atoms with Crippen LogP contribution in [0.15, 0.2) is 11.0 Å². The van der Waals surface area contributed by atoms with Crippen LogP contribution in [0.5, 0.6) is 0 Å². The number of carbonyl (C=O) groups excluding carboxylic acids is 1. The molecule has 1 aliphatic rings. The van der Waals surface area contributed by atoms with Gasteiger partial charge < -0.3 is 5.73 Å². The molecule has 0 aliphatic heterocycles. The standard InChI is InChI=1S/C11H11N3O2S/c12-9(15)6-5-13-11-14(10(6)16)7-3-1-2-4-8(7)17-11/h5H,1-4H2,(H2,12,15). The maximum absolute atomic E-state index is 12.1. The minimum atomic E-state index is -0.715. The first-order valence-electron chi connectivity index (χ1n) is 5.50. The number of amides is 1. The lowest BCUT2D eigenvalue weighted by Crippen LogP contribution is -2.27. The quantitative estimate of drug-likeness (QED) is 0.809. The molecule has 2 aromatic heterocycles. The second kappa shape index (κ2) is 3.66. The van der Waals surface area contributed by atoms with Gasteiger partial charge in [-0.15, -0.1) is 11.3 Å². The average molecular weight is 249 g/mol. The van der Waals surface area contributed by atoms with E-state index in [4.69, 9.17) is 5.73 Å². The molecule has 0 saturated heterocycles. The van der Waals surface area contributed by atoms with Crippen LogP contribution in [0.25, 0.3) is 4.96 Å². The Balaban J connectivity index is 2.38. The molecule has 0 fully saturated rings. The van der Waals surface area contributed by atoms with Gasteiger partial charge in [-0.2, -0.15) is 0 Å². The molecule has 0 saturated carbocycles. The summed E-state index contributed by atoms with van der Waals surface area (Å²) in [5.74, 6) is -0.715. The summed E-state index contributed by atoms with van der Waals surface area (Å²) in [5.41, 5.74) is 5.81. The van der Waals surface area contributed by atoms with Gasteiger partial charge in [0.2, 0.25) is 0 Å². The number of nitrogens with two attached hydrogens (primary N) is 1. The number of carbonyl (C=O) groups is 1. The van der Waals surface area contributed by atoms with Crippen molar-refractivity contribution in [1.82, 2.24) is 9.38 Å². The van der Waals surface area contributed by atoms with Crippen LogP contribution in [0.4, 0.5) is 0 Å². The summed E-state index contributed by atoms with van der Waals surface area (Å²) in [6.07, 6.45) is 5.37. The summed E-state index contributed by atoms with van der Waals surface area (Å²) in [4.78, 5) is 29.3. The fraction of sp³-hybridized carbons (Fsp3) is 0.364. The van der Waals surface area contributed by atoms with Crippen molar-refractivity contribution in [3.05, 3.63) is 32.7 Å². The molecule has 0 radical (unpaired) electrons. The van der Waals surface area contributed by atoms with Crippen LogP contribution in [-0.2, 0) is 12.8 Å². The van der Waals surface area contributed by atoms with Crippen molar-refractivity contribution < 1.29 is 4.79 Å². The SMILES string of the molecule is NC(=O)c1cnc2sc3c(n2c1=O)CCCC3. The summed E-state index contributed by atoms with van der Waals surface area (Å²) in [6, 6.07) is 0. The fourth-order valence-electron chi connectivity index (χ4n) is 2.24. The molecule has 1 aliphatic carbocycles. The van der Waals surface area contributed by atoms with Gasteiger partial charge in [0.25, 0.3) is 11.5 Å². The van der Waals surface area contributed by atoms with Crippen molar-refractivity contribution in [2.75, 3.05) is 0 Å². The van der Waals surface area contributed by atoms with E-state index in [1.165, 1.54) is 22.4 Å². The number of hydrogen-bond donors (Lipinski definition) is 1. The molecule has 3 rings (SSSR count). The van der Waals surface area contributed by atoms with Crippen LogP contribution in [-0.4, -0.2) is 15.3 Å². The number of primary amides is 1. The molecular weight excluding hydrogens is 238 g/mol. The van der Waals surface area contributed by atoms with E-state index < -0.39 is 5.91 Å². The van der Waals surface area contributed by atoms with Gasteiger partial charge in [0, 0.05) is 16.8 Å². The molecule has 88 valence electrons. The predicted molar refractivity (Wildman–Crippen MR) is 64.5 cm³/mol. The molecule has 6 heteroatoms. The normalized spacial score (nSPS) is 14.8. The van der Waals surface area contributed by atoms with Gasteiger partial charge in [-0.1, -0.05) is 0 Å². The van der Waals surface area contributed by atoms with Gasteiger partial charge in [-0.25, -0.2) is 4.98 Å². The highest BCUT2D eigenvalue weighted by atomic mass is 32.1. The Hall–Kier alpha value is -1.69. The number of nitrogens with zero attached hydrogens (tertiary/aromatic N) is 2. The number of hydrogen-bond acceptors (Lipinski definition) is 4. The first-order chi connectivity index (χ1) is 8.18. The van der Waals surface area contributed by atoms with E-state index in [-0.39, 0.29) is 11.1 Å². The third-order valence-electron chi connectivity index (χ3n) is 3.07. The highest BCUT2D eigenvalue weighted by molar-refractivity contribution is 7.17. The Kier molecular flexibility index (Phi) is 2.25. The highest BCUT2D eigenvalue weighted by Crippen LogP contribution is 2.27. The third kappa shape index (κ3) is 1.48. The van der Waals surface area contributed by atoms with Gasteiger partial charge in [0.15, 0.2) is 4.96 Å². The molecule has 0 unspecified atom stereocenters. The van der Waals surface area contributed by atoms with Gasteiger partial charge in [0.1, 0.15) is 5.56 Å². The lowest BCUT2D eigenvalue weighted by Gasteiger charge is -2.10. The van der Waals surface area contributed by atoms with Gasteiger partial charge in [-0.05, 0) is 25.7 Å². The van der Waals surface area contributed by atoms with E-state index in [0.717, 1.165) is 31.4 Å². The Labute approximate surface area is 101 Å².